The van der Waals surface area contributed by atoms with Crippen molar-refractivity contribution in [2.45, 2.75) is 52.7 Å². The zero-order chi connectivity index (χ0) is 16.1. The van der Waals surface area contributed by atoms with E-state index in [0.29, 0.717) is 5.57 Å². The number of rotatable bonds is 3. The van der Waals surface area contributed by atoms with Crippen LogP contribution in [0.15, 0.2) is 12.2 Å². The van der Waals surface area contributed by atoms with E-state index < -0.39 is 23.4 Å². The molecule has 0 aliphatic rings. The van der Waals surface area contributed by atoms with Crippen LogP contribution in [0.3, 0.4) is 0 Å². The van der Waals surface area contributed by atoms with Crippen LogP contribution < -0.4 is 0 Å². The zero-order valence-corrected chi connectivity index (χ0v) is 13.8. The van der Waals surface area contributed by atoms with Crippen molar-refractivity contribution in [3.05, 3.63) is 12.2 Å². The molecule has 20 heavy (non-hydrogen) atoms. The lowest BCUT2D eigenvalue weighted by Crippen LogP contribution is -2.44. The third kappa shape index (κ3) is 8.04. The fourth-order valence-corrected chi connectivity index (χ4v) is 1.19. The molecular weight excluding hydrogens is 282 g/mol. The molecule has 0 radical (unpaired) electrons. The lowest BCUT2D eigenvalue weighted by Gasteiger charge is -2.28. The first-order chi connectivity index (χ1) is 8.85. The molecular formula is C14H24ClNO4. The molecule has 0 aromatic rings. The largest absolute Gasteiger partial charge is 0.443 e. The Labute approximate surface area is 125 Å². The van der Waals surface area contributed by atoms with Crippen LogP contribution in [0.2, 0.25) is 0 Å². The van der Waals surface area contributed by atoms with Crippen molar-refractivity contribution in [2.75, 3.05) is 12.4 Å². The van der Waals surface area contributed by atoms with E-state index in [2.05, 4.69) is 6.58 Å². The van der Waals surface area contributed by atoms with Crippen molar-refractivity contribution in [1.29, 1.82) is 0 Å². The Balaban J connectivity index is 5.03. The smallest absolute Gasteiger partial charge is 0.420 e. The summed E-state index contributed by atoms with van der Waals surface area (Å²) in [6.45, 7) is 13.9. The van der Waals surface area contributed by atoms with Crippen LogP contribution in [0.4, 0.5) is 9.59 Å². The molecule has 0 unspecified atom stereocenters. The van der Waals surface area contributed by atoms with E-state index in [9.17, 15) is 9.59 Å². The highest BCUT2D eigenvalue weighted by molar-refractivity contribution is 6.19. The summed E-state index contributed by atoms with van der Waals surface area (Å²) in [5, 5.41) is 0. The molecule has 0 bridgehead atoms. The number of alkyl halides is 1. The van der Waals surface area contributed by atoms with Crippen LogP contribution in [-0.2, 0) is 9.47 Å². The average molecular weight is 306 g/mol. The fourth-order valence-electron chi connectivity index (χ4n) is 1.10. The van der Waals surface area contributed by atoms with Crippen molar-refractivity contribution < 1.29 is 19.1 Å². The molecule has 6 heteroatoms. The van der Waals surface area contributed by atoms with Gasteiger partial charge in [0.1, 0.15) is 11.2 Å². The second-order valence-corrected chi connectivity index (χ2v) is 6.70. The molecule has 0 fully saturated rings. The van der Waals surface area contributed by atoms with Gasteiger partial charge in [-0.2, -0.15) is 0 Å². The van der Waals surface area contributed by atoms with E-state index in [-0.39, 0.29) is 12.4 Å². The maximum atomic E-state index is 12.1. The van der Waals surface area contributed by atoms with Gasteiger partial charge in [0.25, 0.3) is 0 Å². The molecule has 0 rings (SSSR count). The van der Waals surface area contributed by atoms with Gasteiger partial charge in [-0.1, -0.05) is 6.58 Å². The van der Waals surface area contributed by atoms with Crippen LogP contribution >= 0.6 is 11.6 Å². The first kappa shape index (κ1) is 18.8. The summed E-state index contributed by atoms with van der Waals surface area (Å²) in [6, 6.07) is 0. The molecule has 0 saturated carbocycles. The lowest BCUT2D eigenvalue weighted by atomic mass is 10.2. The number of ether oxygens (including phenoxy) is 2. The van der Waals surface area contributed by atoms with Crippen LogP contribution in [0, 0.1) is 0 Å². The minimum atomic E-state index is -0.780. The summed E-state index contributed by atoms with van der Waals surface area (Å²) in [5.74, 6) is 0.141. The Bertz CT molecular complexity index is 352. The van der Waals surface area contributed by atoms with Gasteiger partial charge in [0.2, 0.25) is 0 Å². The number of nitrogens with zero attached hydrogens (tertiary/aromatic N) is 1. The molecule has 0 atom stereocenters. The monoisotopic (exact) mass is 305 g/mol. The molecule has 0 aromatic carbocycles. The molecule has 0 N–H and O–H groups in total. The Morgan fingerprint density at radius 1 is 1.00 bits per heavy atom. The Morgan fingerprint density at radius 2 is 1.35 bits per heavy atom. The maximum absolute atomic E-state index is 12.1. The number of amides is 2. The molecule has 5 nitrogen and oxygen atoms in total. The summed E-state index contributed by atoms with van der Waals surface area (Å²) >= 11 is 5.64. The minimum Gasteiger partial charge on any atom is -0.443 e. The minimum absolute atomic E-state index is 0.0344. The van der Waals surface area contributed by atoms with Gasteiger partial charge in [0.05, 0.1) is 6.54 Å². The van der Waals surface area contributed by atoms with Crippen LogP contribution in [0.1, 0.15) is 41.5 Å². The predicted molar refractivity (Wildman–Crippen MR) is 79.0 cm³/mol. The summed E-state index contributed by atoms with van der Waals surface area (Å²) in [5.41, 5.74) is -0.900. The Kier molecular flexibility index (Phi) is 6.54. The van der Waals surface area contributed by atoms with Gasteiger partial charge < -0.3 is 9.47 Å². The first-order valence-electron chi connectivity index (χ1n) is 6.32. The van der Waals surface area contributed by atoms with E-state index in [1.807, 2.05) is 0 Å². The van der Waals surface area contributed by atoms with Gasteiger partial charge >= 0.3 is 12.2 Å². The van der Waals surface area contributed by atoms with E-state index in [1.165, 1.54) is 0 Å². The van der Waals surface area contributed by atoms with Gasteiger partial charge in [-0.15, -0.1) is 11.6 Å². The highest BCUT2D eigenvalue weighted by Gasteiger charge is 2.31. The summed E-state index contributed by atoms with van der Waals surface area (Å²) < 4.78 is 10.4. The third-order valence-corrected chi connectivity index (χ3v) is 2.18. The van der Waals surface area contributed by atoms with Gasteiger partial charge in [0.15, 0.2) is 0 Å². The lowest BCUT2D eigenvalue weighted by molar-refractivity contribution is 0.00328. The topological polar surface area (TPSA) is 55.8 Å². The average Bonchev–Trinajstić information content (AvgIpc) is 2.19. The highest BCUT2D eigenvalue weighted by Crippen LogP contribution is 2.15. The predicted octanol–water partition coefficient (Wildman–Crippen LogP) is 3.95. The fraction of sp³-hybridized carbons (Fsp3) is 0.714. The van der Waals surface area contributed by atoms with Crippen LogP contribution in [0.5, 0.6) is 0 Å². The number of carbonyl (C=O) groups excluding carboxylic acids is 2. The number of hydrogen-bond donors (Lipinski definition) is 0. The van der Waals surface area contributed by atoms with Gasteiger partial charge in [-0.25, -0.2) is 14.5 Å². The normalized spacial score (nSPS) is 11.8. The second kappa shape index (κ2) is 6.97. The zero-order valence-electron chi connectivity index (χ0n) is 13.1. The Hall–Kier alpha value is -1.23. The maximum Gasteiger partial charge on any atom is 0.420 e. The molecule has 2 amide bonds. The first-order valence-corrected chi connectivity index (χ1v) is 6.85. The van der Waals surface area contributed by atoms with Crippen LogP contribution in [0.25, 0.3) is 0 Å². The van der Waals surface area contributed by atoms with Crippen molar-refractivity contribution in [3.8, 4) is 0 Å². The number of imide groups is 1. The number of carbonyl (C=O) groups is 2. The molecule has 0 aliphatic carbocycles. The second-order valence-electron chi connectivity index (χ2n) is 6.43. The Morgan fingerprint density at radius 3 is 1.60 bits per heavy atom. The highest BCUT2D eigenvalue weighted by atomic mass is 35.5. The quantitative estimate of drug-likeness (QED) is 0.585. The van der Waals surface area contributed by atoms with E-state index in [1.54, 1.807) is 41.5 Å². The molecule has 0 heterocycles. The van der Waals surface area contributed by atoms with Gasteiger partial charge in [0, 0.05) is 5.88 Å². The molecule has 0 aromatic heterocycles. The van der Waals surface area contributed by atoms with Gasteiger partial charge in [-0.05, 0) is 47.1 Å². The van der Waals surface area contributed by atoms with Crippen molar-refractivity contribution in [1.82, 2.24) is 4.90 Å². The summed E-state index contributed by atoms with van der Waals surface area (Å²) in [7, 11) is 0. The SMILES string of the molecule is C=C(CCl)CN(C(=O)OC(C)(C)C)C(=O)OC(C)(C)C. The van der Waals surface area contributed by atoms with E-state index in [4.69, 9.17) is 21.1 Å². The number of hydrogen-bond acceptors (Lipinski definition) is 4. The standard InChI is InChI=1S/C14H24ClNO4/c1-10(8-15)9-16(11(17)19-13(2,3)4)12(18)20-14(5,6)7/h1,8-9H2,2-7H3. The van der Waals surface area contributed by atoms with Crippen molar-refractivity contribution in [2.24, 2.45) is 0 Å². The molecule has 0 aliphatic heterocycles. The van der Waals surface area contributed by atoms with E-state index >= 15 is 0 Å². The van der Waals surface area contributed by atoms with E-state index in [0.717, 1.165) is 4.90 Å². The molecule has 116 valence electrons. The molecule has 0 spiro atoms. The van der Waals surface area contributed by atoms with Crippen LogP contribution in [-0.4, -0.2) is 40.7 Å². The third-order valence-electron chi connectivity index (χ3n) is 1.80. The van der Waals surface area contributed by atoms with Crippen molar-refractivity contribution in [3.63, 3.8) is 0 Å². The summed E-state index contributed by atoms with van der Waals surface area (Å²) in [6.07, 6.45) is -1.56. The number of halogens is 1. The van der Waals surface area contributed by atoms with Gasteiger partial charge in [-0.3, -0.25) is 0 Å². The molecule has 0 saturated heterocycles. The van der Waals surface area contributed by atoms with Crippen molar-refractivity contribution >= 4 is 23.8 Å². The summed E-state index contributed by atoms with van der Waals surface area (Å²) in [4.78, 5) is 25.0.